The van der Waals surface area contributed by atoms with Crippen molar-refractivity contribution in [2.45, 2.75) is 32.4 Å². The molecule has 0 aliphatic carbocycles. The minimum absolute atomic E-state index is 0.0633. The van der Waals surface area contributed by atoms with Crippen LogP contribution in [0, 0.1) is 6.92 Å². The molecular weight excluding hydrogens is 384 g/mol. The third kappa shape index (κ3) is 3.77. The first-order chi connectivity index (χ1) is 13.2. The van der Waals surface area contributed by atoms with E-state index in [9.17, 15) is 22.8 Å². The fourth-order valence-electron chi connectivity index (χ4n) is 3.14. The Morgan fingerprint density at radius 3 is 2.64 bits per heavy atom. The standard InChI is InChI=1S/C18H22N4O5S/c1-12-7-3-4-8-13(12)11-19-16(24)14-15(23)17(25)21(2)18(20-14)22-9-5-6-10-28(22,26)27/h3-4,7-8,14H,5-6,9-11H2,1-2H3,(H,19,24). The van der Waals surface area contributed by atoms with Crippen molar-refractivity contribution in [3.63, 3.8) is 0 Å². The summed E-state index contributed by atoms with van der Waals surface area (Å²) in [7, 11) is -2.36. The summed E-state index contributed by atoms with van der Waals surface area (Å²) in [6.07, 6.45) is 1.13. The van der Waals surface area contributed by atoms with Crippen LogP contribution in [0.3, 0.4) is 0 Å². The minimum atomic E-state index is -3.64. The monoisotopic (exact) mass is 406 g/mol. The summed E-state index contributed by atoms with van der Waals surface area (Å²) in [6.45, 7) is 2.22. The Bertz CT molecular complexity index is 956. The number of carbonyl (C=O) groups excluding carboxylic acids is 3. The van der Waals surface area contributed by atoms with Crippen LogP contribution in [0.4, 0.5) is 0 Å². The lowest BCUT2D eigenvalue weighted by Gasteiger charge is -2.35. The summed E-state index contributed by atoms with van der Waals surface area (Å²) in [6, 6.07) is 5.83. The molecular formula is C18H22N4O5S. The van der Waals surface area contributed by atoms with Gasteiger partial charge in [0.15, 0.2) is 6.04 Å². The average molecular weight is 406 g/mol. The number of likely N-dealkylation sites (N-methyl/N-ethyl adjacent to an activating group) is 1. The number of carbonyl (C=O) groups is 3. The molecule has 0 radical (unpaired) electrons. The van der Waals surface area contributed by atoms with E-state index in [1.54, 1.807) is 0 Å². The van der Waals surface area contributed by atoms with Gasteiger partial charge in [0.05, 0.1) is 5.75 Å². The maximum Gasteiger partial charge on any atom is 0.299 e. The predicted molar refractivity (Wildman–Crippen MR) is 102 cm³/mol. The largest absolute Gasteiger partial charge is 0.350 e. The lowest BCUT2D eigenvalue weighted by Crippen LogP contribution is -2.58. The number of guanidine groups is 1. The summed E-state index contributed by atoms with van der Waals surface area (Å²) in [4.78, 5) is 42.2. The zero-order chi connectivity index (χ0) is 20.5. The molecule has 1 unspecified atom stereocenters. The number of aliphatic imine (C=N–C) groups is 1. The van der Waals surface area contributed by atoms with Gasteiger partial charge in [0.25, 0.3) is 17.6 Å². The summed E-state index contributed by atoms with van der Waals surface area (Å²) in [5, 5.41) is 2.61. The van der Waals surface area contributed by atoms with Crippen LogP contribution in [0.1, 0.15) is 24.0 Å². The van der Waals surface area contributed by atoms with Crippen LogP contribution in [0.5, 0.6) is 0 Å². The number of benzene rings is 1. The van der Waals surface area contributed by atoms with Crippen LogP contribution in [-0.4, -0.2) is 66.6 Å². The highest BCUT2D eigenvalue weighted by atomic mass is 32.2. The molecule has 1 atom stereocenters. The molecule has 0 bridgehead atoms. The average Bonchev–Trinajstić information content (AvgIpc) is 2.66. The number of nitrogens with zero attached hydrogens (tertiary/aromatic N) is 3. The fourth-order valence-corrected chi connectivity index (χ4v) is 4.76. The number of rotatable bonds is 3. The molecule has 3 rings (SSSR count). The van der Waals surface area contributed by atoms with Crippen LogP contribution in [0.2, 0.25) is 0 Å². The molecule has 2 aliphatic heterocycles. The van der Waals surface area contributed by atoms with Gasteiger partial charge in [-0.3, -0.25) is 19.3 Å². The minimum Gasteiger partial charge on any atom is -0.350 e. The van der Waals surface area contributed by atoms with Gasteiger partial charge < -0.3 is 5.32 Å². The van der Waals surface area contributed by atoms with Crippen LogP contribution in [0.25, 0.3) is 0 Å². The second kappa shape index (κ2) is 7.70. The highest BCUT2D eigenvalue weighted by molar-refractivity contribution is 7.89. The molecule has 1 saturated heterocycles. The van der Waals surface area contributed by atoms with E-state index in [2.05, 4.69) is 10.3 Å². The highest BCUT2D eigenvalue weighted by Crippen LogP contribution is 2.19. The highest BCUT2D eigenvalue weighted by Gasteiger charge is 2.43. The Labute approximate surface area is 163 Å². The van der Waals surface area contributed by atoms with Crippen molar-refractivity contribution in [1.29, 1.82) is 0 Å². The van der Waals surface area contributed by atoms with Crippen molar-refractivity contribution in [3.8, 4) is 0 Å². The van der Waals surface area contributed by atoms with Gasteiger partial charge in [-0.15, -0.1) is 0 Å². The molecule has 2 amide bonds. The van der Waals surface area contributed by atoms with Crippen molar-refractivity contribution in [3.05, 3.63) is 35.4 Å². The van der Waals surface area contributed by atoms with Crippen LogP contribution in [-0.2, 0) is 31.0 Å². The Morgan fingerprint density at radius 1 is 1.25 bits per heavy atom. The van der Waals surface area contributed by atoms with Crippen LogP contribution in [0.15, 0.2) is 29.3 Å². The zero-order valence-corrected chi connectivity index (χ0v) is 16.5. The second-order valence-corrected chi connectivity index (χ2v) is 8.81. The van der Waals surface area contributed by atoms with E-state index in [4.69, 9.17) is 0 Å². The number of hydrogen-bond acceptors (Lipinski definition) is 6. The quantitative estimate of drug-likeness (QED) is 0.551. The molecule has 0 spiro atoms. The Kier molecular flexibility index (Phi) is 5.50. The first-order valence-electron chi connectivity index (χ1n) is 8.94. The molecule has 0 aromatic heterocycles. The molecule has 2 heterocycles. The smallest absolute Gasteiger partial charge is 0.299 e. The number of sulfonamides is 1. The van der Waals surface area contributed by atoms with Gasteiger partial charge in [-0.25, -0.2) is 17.7 Å². The lowest BCUT2D eigenvalue weighted by atomic mass is 10.1. The van der Waals surface area contributed by atoms with Gasteiger partial charge in [0.2, 0.25) is 16.0 Å². The van der Waals surface area contributed by atoms with E-state index < -0.39 is 33.7 Å². The third-order valence-corrected chi connectivity index (χ3v) is 6.67. The molecule has 150 valence electrons. The van der Waals surface area contributed by atoms with Crippen molar-refractivity contribution >= 4 is 33.6 Å². The van der Waals surface area contributed by atoms with Gasteiger partial charge >= 0.3 is 0 Å². The summed E-state index contributed by atoms with van der Waals surface area (Å²) in [5.74, 6) is -2.92. The molecule has 2 aliphatic rings. The van der Waals surface area contributed by atoms with Gasteiger partial charge in [-0.2, -0.15) is 0 Å². The van der Waals surface area contributed by atoms with E-state index in [0.29, 0.717) is 12.8 Å². The van der Waals surface area contributed by atoms with E-state index in [0.717, 1.165) is 20.3 Å². The van der Waals surface area contributed by atoms with Gasteiger partial charge in [0, 0.05) is 20.1 Å². The molecule has 28 heavy (non-hydrogen) atoms. The molecule has 0 saturated carbocycles. The summed E-state index contributed by atoms with van der Waals surface area (Å²) < 4.78 is 25.7. The fraction of sp³-hybridized carbons (Fsp3) is 0.444. The predicted octanol–water partition coefficient (Wildman–Crippen LogP) is -0.197. The Morgan fingerprint density at radius 2 is 1.96 bits per heavy atom. The van der Waals surface area contributed by atoms with Crippen molar-refractivity contribution < 1.29 is 22.8 Å². The topological polar surface area (TPSA) is 116 Å². The van der Waals surface area contributed by atoms with E-state index in [-0.39, 0.29) is 24.8 Å². The molecule has 1 fully saturated rings. The van der Waals surface area contributed by atoms with Crippen LogP contribution < -0.4 is 5.32 Å². The Hall–Kier alpha value is -2.75. The van der Waals surface area contributed by atoms with Crippen molar-refractivity contribution in [2.75, 3.05) is 19.3 Å². The van der Waals surface area contributed by atoms with E-state index in [1.165, 1.54) is 7.05 Å². The van der Waals surface area contributed by atoms with Crippen molar-refractivity contribution in [2.24, 2.45) is 4.99 Å². The first-order valence-corrected chi connectivity index (χ1v) is 10.6. The maximum absolute atomic E-state index is 12.6. The molecule has 1 aromatic carbocycles. The number of nitrogens with one attached hydrogen (secondary N) is 1. The Balaban J connectivity index is 1.85. The van der Waals surface area contributed by atoms with Gasteiger partial charge in [-0.05, 0) is 30.9 Å². The molecule has 1 N–H and O–H groups in total. The lowest BCUT2D eigenvalue weighted by molar-refractivity contribution is -0.145. The number of amides is 2. The SMILES string of the molecule is Cc1ccccc1CNC(=O)C1N=C(N2CCCCS2(=O)=O)N(C)C(=O)C1=O. The van der Waals surface area contributed by atoms with Gasteiger partial charge in [-0.1, -0.05) is 24.3 Å². The number of hydrogen-bond donors (Lipinski definition) is 1. The molecule has 1 aromatic rings. The number of aryl methyl sites for hydroxylation is 1. The second-order valence-electron chi connectivity index (χ2n) is 6.80. The third-order valence-electron chi connectivity index (χ3n) is 4.84. The molecule has 9 nitrogen and oxygen atoms in total. The van der Waals surface area contributed by atoms with Gasteiger partial charge in [0.1, 0.15) is 0 Å². The summed E-state index contributed by atoms with van der Waals surface area (Å²) >= 11 is 0. The molecule has 10 heteroatoms. The normalized spacial score (nSPS) is 22.1. The van der Waals surface area contributed by atoms with Crippen LogP contribution >= 0.6 is 0 Å². The summed E-state index contributed by atoms with van der Waals surface area (Å²) in [5.41, 5.74) is 1.84. The number of Topliss-reactive ketones (excluding diaryl/α,β-unsaturated/α-hetero) is 1. The van der Waals surface area contributed by atoms with Crippen molar-refractivity contribution in [1.82, 2.24) is 14.5 Å². The maximum atomic E-state index is 12.6. The van der Waals surface area contributed by atoms with E-state index >= 15 is 0 Å². The zero-order valence-electron chi connectivity index (χ0n) is 15.7. The number of ketones is 1. The first kappa shape index (κ1) is 20.0. The van der Waals surface area contributed by atoms with E-state index in [1.807, 2.05) is 31.2 Å².